The van der Waals surface area contributed by atoms with E-state index in [1.807, 2.05) is 0 Å². The van der Waals surface area contributed by atoms with Gasteiger partial charge < -0.3 is 4.74 Å². The lowest BCUT2D eigenvalue weighted by Crippen LogP contribution is -2.06. The summed E-state index contributed by atoms with van der Waals surface area (Å²) in [5, 5.41) is 0. The molecule has 1 aliphatic heterocycles. The molecule has 1 saturated heterocycles. The Morgan fingerprint density at radius 2 is 1.12 bits per heavy atom. The Balaban J connectivity index is 1.67. The van der Waals surface area contributed by atoms with Crippen LogP contribution in [0.4, 0.5) is 0 Å². The number of cyclic esters (lactones) is 1. The van der Waals surface area contributed by atoms with Crippen molar-refractivity contribution >= 4 is 5.97 Å². The summed E-state index contributed by atoms with van der Waals surface area (Å²) >= 11 is 0. The van der Waals surface area contributed by atoms with E-state index in [0.29, 0.717) is 6.42 Å². The summed E-state index contributed by atoms with van der Waals surface area (Å²) in [5.41, 5.74) is 0. The second kappa shape index (κ2) is 16.0. The van der Waals surface area contributed by atoms with Crippen LogP contribution < -0.4 is 0 Å². The second-order valence-corrected chi connectivity index (χ2v) is 7.74. The molecule has 0 N–H and O–H groups in total. The molecular formula is C22H42O2. The van der Waals surface area contributed by atoms with Crippen LogP contribution in [0, 0.1) is 0 Å². The van der Waals surface area contributed by atoms with Gasteiger partial charge in [0.1, 0.15) is 6.10 Å². The molecule has 142 valence electrons. The van der Waals surface area contributed by atoms with Crippen LogP contribution in [0.5, 0.6) is 0 Å². The number of unbranched alkanes of at least 4 members (excludes halogenated alkanes) is 15. The van der Waals surface area contributed by atoms with E-state index in [4.69, 9.17) is 4.74 Å². The Hall–Kier alpha value is -0.530. The van der Waals surface area contributed by atoms with E-state index in [-0.39, 0.29) is 12.1 Å². The normalized spacial score (nSPS) is 17.4. The van der Waals surface area contributed by atoms with Crippen molar-refractivity contribution < 1.29 is 9.53 Å². The van der Waals surface area contributed by atoms with Crippen LogP contribution in [-0.2, 0) is 9.53 Å². The number of carbonyl (C=O) groups is 1. The van der Waals surface area contributed by atoms with Gasteiger partial charge in [-0.05, 0) is 19.3 Å². The molecule has 0 radical (unpaired) electrons. The Labute approximate surface area is 151 Å². The largest absolute Gasteiger partial charge is 0.462 e. The summed E-state index contributed by atoms with van der Waals surface area (Å²) in [6.45, 7) is 2.29. The molecule has 0 bridgehead atoms. The summed E-state index contributed by atoms with van der Waals surface area (Å²) in [7, 11) is 0. The molecule has 24 heavy (non-hydrogen) atoms. The molecule has 0 aromatic carbocycles. The van der Waals surface area contributed by atoms with Crippen LogP contribution in [0.2, 0.25) is 0 Å². The lowest BCUT2D eigenvalue weighted by atomic mass is 10.0. The van der Waals surface area contributed by atoms with Gasteiger partial charge in [0.05, 0.1) is 0 Å². The summed E-state index contributed by atoms with van der Waals surface area (Å²) in [6, 6.07) is 0. The minimum absolute atomic E-state index is 0.0106. The van der Waals surface area contributed by atoms with Crippen LogP contribution >= 0.6 is 0 Å². The molecule has 0 aliphatic carbocycles. The SMILES string of the molecule is CCCCCCCCCCCCCCCCCC[C@@H]1CCC(=O)O1. The third-order valence-corrected chi connectivity index (χ3v) is 5.35. The average Bonchev–Trinajstić information content (AvgIpc) is 3.00. The van der Waals surface area contributed by atoms with Crippen LogP contribution in [0.15, 0.2) is 0 Å². The maximum Gasteiger partial charge on any atom is 0.306 e. The van der Waals surface area contributed by atoms with E-state index in [9.17, 15) is 4.79 Å². The highest BCUT2D eigenvalue weighted by Gasteiger charge is 2.22. The van der Waals surface area contributed by atoms with E-state index in [1.165, 1.54) is 103 Å². The fraction of sp³-hybridized carbons (Fsp3) is 0.955. The third kappa shape index (κ3) is 12.8. The zero-order valence-electron chi connectivity index (χ0n) is 16.3. The molecule has 0 aromatic rings. The van der Waals surface area contributed by atoms with Gasteiger partial charge in [0.15, 0.2) is 0 Å². The molecule has 1 fully saturated rings. The van der Waals surface area contributed by atoms with Crippen molar-refractivity contribution in [3.63, 3.8) is 0 Å². The predicted octanol–water partition coefficient (Wildman–Crippen LogP) is 7.34. The Morgan fingerprint density at radius 3 is 1.50 bits per heavy atom. The summed E-state index contributed by atoms with van der Waals surface area (Å²) in [4.78, 5) is 11.0. The van der Waals surface area contributed by atoms with Crippen molar-refractivity contribution in [2.24, 2.45) is 0 Å². The fourth-order valence-electron chi connectivity index (χ4n) is 3.71. The molecule has 1 aliphatic rings. The summed E-state index contributed by atoms with van der Waals surface area (Å²) in [6.07, 6.45) is 25.5. The summed E-state index contributed by atoms with van der Waals surface area (Å²) < 4.78 is 5.25. The minimum Gasteiger partial charge on any atom is -0.462 e. The van der Waals surface area contributed by atoms with E-state index >= 15 is 0 Å². The molecule has 0 amide bonds. The number of hydrogen-bond donors (Lipinski definition) is 0. The van der Waals surface area contributed by atoms with Crippen molar-refractivity contribution in [3.8, 4) is 0 Å². The van der Waals surface area contributed by atoms with E-state index in [1.54, 1.807) is 0 Å². The third-order valence-electron chi connectivity index (χ3n) is 5.35. The van der Waals surface area contributed by atoms with Crippen LogP contribution in [-0.4, -0.2) is 12.1 Å². The van der Waals surface area contributed by atoms with E-state index in [2.05, 4.69) is 6.92 Å². The van der Waals surface area contributed by atoms with Gasteiger partial charge in [-0.3, -0.25) is 4.79 Å². The number of rotatable bonds is 17. The van der Waals surface area contributed by atoms with Crippen molar-refractivity contribution in [1.82, 2.24) is 0 Å². The molecular weight excluding hydrogens is 296 g/mol. The minimum atomic E-state index is 0.0106. The highest BCUT2D eigenvalue weighted by atomic mass is 16.5. The molecule has 0 saturated carbocycles. The summed E-state index contributed by atoms with van der Waals surface area (Å²) in [5.74, 6) is 0.0106. The van der Waals surface area contributed by atoms with E-state index < -0.39 is 0 Å². The highest BCUT2D eigenvalue weighted by Crippen LogP contribution is 2.20. The first-order valence-corrected chi connectivity index (χ1v) is 11.0. The standard InChI is InChI=1S/C22H42O2/c1-2-3-4-5-6-7-8-9-10-11-12-13-14-15-16-17-18-21-19-20-22(23)24-21/h21H,2-20H2,1H3/t21-/m1/s1. The lowest BCUT2D eigenvalue weighted by molar-refractivity contribution is -0.141. The van der Waals surface area contributed by atoms with Gasteiger partial charge in [-0.15, -0.1) is 0 Å². The molecule has 1 heterocycles. The maximum absolute atomic E-state index is 11.0. The van der Waals surface area contributed by atoms with Gasteiger partial charge in [-0.1, -0.05) is 103 Å². The van der Waals surface area contributed by atoms with Crippen LogP contribution in [0.1, 0.15) is 129 Å². The molecule has 0 unspecified atom stereocenters. The second-order valence-electron chi connectivity index (χ2n) is 7.74. The molecule has 0 aromatic heterocycles. The molecule has 2 nitrogen and oxygen atoms in total. The smallest absolute Gasteiger partial charge is 0.306 e. The van der Waals surface area contributed by atoms with Gasteiger partial charge in [-0.2, -0.15) is 0 Å². The predicted molar refractivity (Wildman–Crippen MR) is 103 cm³/mol. The fourth-order valence-corrected chi connectivity index (χ4v) is 3.71. The first-order chi connectivity index (χ1) is 11.8. The van der Waals surface area contributed by atoms with Gasteiger partial charge in [0.2, 0.25) is 0 Å². The lowest BCUT2D eigenvalue weighted by Gasteiger charge is -2.08. The first-order valence-electron chi connectivity index (χ1n) is 11.0. The number of hydrogen-bond acceptors (Lipinski definition) is 2. The number of esters is 1. The van der Waals surface area contributed by atoms with Crippen molar-refractivity contribution in [3.05, 3.63) is 0 Å². The highest BCUT2D eigenvalue weighted by molar-refractivity contribution is 5.71. The van der Waals surface area contributed by atoms with Crippen LogP contribution in [0.3, 0.4) is 0 Å². The number of ether oxygens (including phenoxy) is 1. The Bertz CT molecular complexity index is 288. The molecule has 1 atom stereocenters. The zero-order chi connectivity index (χ0) is 17.3. The maximum atomic E-state index is 11.0. The van der Waals surface area contributed by atoms with Crippen molar-refractivity contribution in [2.75, 3.05) is 0 Å². The molecule has 0 spiro atoms. The van der Waals surface area contributed by atoms with E-state index in [0.717, 1.165) is 12.8 Å². The monoisotopic (exact) mass is 338 g/mol. The van der Waals surface area contributed by atoms with Crippen LogP contribution in [0.25, 0.3) is 0 Å². The Kier molecular flexibility index (Phi) is 14.3. The van der Waals surface area contributed by atoms with Crippen molar-refractivity contribution in [1.29, 1.82) is 0 Å². The molecule has 1 rings (SSSR count). The van der Waals surface area contributed by atoms with Crippen molar-refractivity contribution in [2.45, 2.75) is 135 Å². The number of carbonyl (C=O) groups excluding carboxylic acids is 1. The van der Waals surface area contributed by atoms with Gasteiger partial charge in [-0.25, -0.2) is 0 Å². The zero-order valence-corrected chi connectivity index (χ0v) is 16.3. The quantitative estimate of drug-likeness (QED) is 0.205. The van der Waals surface area contributed by atoms with Gasteiger partial charge in [0.25, 0.3) is 0 Å². The molecule has 2 heteroatoms. The Morgan fingerprint density at radius 1 is 0.708 bits per heavy atom. The van der Waals surface area contributed by atoms with Gasteiger partial charge >= 0.3 is 5.97 Å². The average molecular weight is 339 g/mol. The topological polar surface area (TPSA) is 26.3 Å². The van der Waals surface area contributed by atoms with Gasteiger partial charge in [0, 0.05) is 6.42 Å². The first kappa shape index (κ1) is 21.5.